The number of carbonyl (C=O) groups is 3. The van der Waals surface area contributed by atoms with Crippen molar-refractivity contribution >= 4 is 17.8 Å². The maximum Gasteiger partial charge on any atom is 0.325 e. The Bertz CT molecular complexity index is 661. The lowest BCUT2D eigenvalue weighted by atomic mass is 9.93. The van der Waals surface area contributed by atoms with E-state index in [-0.39, 0.29) is 6.54 Å². The normalized spacial score (nSPS) is 19.4. The van der Waals surface area contributed by atoms with E-state index < -0.39 is 23.4 Å². The van der Waals surface area contributed by atoms with Gasteiger partial charge in [-0.3, -0.25) is 14.5 Å². The minimum atomic E-state index is -1.02. The van der Waals surface area contributed by atoms with Crippen LogP contribution in [0.2, 0.25) is 0 Å². The number of urea groups is 1. The molecular weight excluding hydrogens is 338 g/mol. The molecule has 0 aliphatic carbocycles. The first-order valence-corrected chi connectivity index (χ1v) is 8.42. The van der Waals surface area contributed by atoms with Gasteiger partial charge in [0, 0.05) is 13.7 Å². The van der Waals surface area contributed by atoms with Crippen molar-refractivity contribution in [2.45, 2.75) is 25.3 Å². The van der Waals surface area contributed by atoms with Gasteiger partial charge in [-0.1, -0.05) is 12.1 Å². The first-order valence-electron chi connectivity index (χ1n) is 8.42. The molecule has 1 aliphatic rings. The van der Waals surface area contributed by atoms with E-state index in [4.69, 9.17) is 9.47 Å². The number of rotatable bonds is 9. The van der Waals surface area contributed by atoms with Crippen molar-refractivity contribution in [1.29, 1.82) is 0 Å². The Morgan fingerprint density at radius 1 is 1.23 bits per heavy atom. The van der Waals surface area contributed by atoms with Gasteiger partial charge >= 0.3 is 6.03 Å². The predicted molar refractivity (Wildman–Crippen MR) is 94.9 cm³/mol. The quantitative estimate of drug-likeness (QED) is 0.497. The lowest BCUT2D eigenvalue weighted by Crippen LogP contribution is -2.45. The average molecular weight is 363 g/mol. The summed E-state index contributed by atoms with van der Waals surface area (Å²) in [5.41, 5.74) is 0.00827. The minimum Gasteiger partial charge on any atom is -0.497 e. The van der Waals surface area contributed by atoms with Crippen molar-refractivity contribution in [3.05, 3.63) is 29.8 Å². The smallest absolute Gasteiger partial charge is 0.325 e. The van der Waals surface area contributed by atoms with Crippen LogP contribution in [0.5, 0.6) is 5.75 Å². The van der Waals surface area contributed by atoms with Crippen LogP contribution >= 0.6 is 0 Å². The first kappa shape index (κ1) is 19.7. The van der Waals surface area contributed by atoms with Crippen molar-refractivity contribution in [1.82, 2.24) is 15.5 Å². The summed E-state index contributed by atoms with van der Waals surface area (Å²) in [4.78, 5) is 37.6. The number of ether oxygens (including phenoxy) is 2. The summed E-state index contributed by atoms with van der Waals surface area (Å²) in [6.07, 6.45) is 1.05. The van der Waals surface area contributed by atoms with Gasteiger partial charge in [0.25, 0.3) is 5.91 Å². The van der Waals surface area contributed by atoms with Crippen molar-refractivity contribution in [2.24, 2.45) is 0 Å². The molecule has 1 aromatic rings. The highest BCUT2D eigenvalue weighted by atomic mass is 16.5. The van der Waals surface area contributed by atoms with E-state index in [9.17, 15) is 14.4 Å². The molecule has 0 spiro atoms. The third-order valence-corrected chi connectivity index (χ3v) is 4.35. The number of nitrogens with one attached hydrogen (secondary N) is 2. The van der Waals surface area contributed by atoms with Crippen LogP contribution < -0.4 is 15.4 Å². The van der Waals surface area contributed by atoms with Crippen molar-refractivity contribution in [3.63, 3.8) is 0 Å². The molecule has 2 N–H and O–H groups in total. The maximum atomic E-state index is 12.6. The van der Waals surface area contributed by atoms with E-state index in [0.717, 1.165) is 16.2 Å². The summed E-state index contributed by atoms with van der Waals surface area (Å²) >= 11 is 0. The Balaban J connectivity index is 1.93. The molecule has 0 unspecified atom stereocenters. The molecule has 142 valence electrons. The molecule has 2 rings (SSSR count). The van der Waals surface area contributed by atoms with Gasteiger partial charge in [-0.15, -0.1) is 0 Å². The van der Waals surface area contributed by atoms with Gasteiger partial charge in [-0.05, 0) is 37.5 Å². The number of amides is 4. The standard InChI is InChI=1S/C18H25N3O5/c1-18(9-8-13-4-6-14(26-3)7-5-13)16(23)21(17(24)20-18)12-15(22)19-10-11-25-2/h4-7H,8-12H2,1-3H3,(H,19,22)(H,20,24)/t18-/m0/s1. The number of imide groups is 1. The zero-order valence-electron chi connectivity index (χ0n) is 15.3. The number of hydrogen-bond donors (Lipinski definition) is 2. The second kappa shape index (κ2) is 8.66. The minimum absolute atomic E-state index is 0.299. The van der Waals surface area contributed by atoms with Crippen LogP contribution in [-0.4, -0.2) is 62.2 Å². The van der Waals surface area contributed by atoms with Crippen molar-refractivity contribution in [3.8, 4) is 5.75 Å². The second-order valence-electron chi connectivity index (χ2n) is 6.34. The molecule has 8 heteroatoms. The first-order chi connectivity index (χ1) is 12.4. The number of hydrogen-bond acceptors (Lipinski definition) is 5. The molecule has 0 saturated carbocycles. The fourth-order valence-corrected chi connectivity index (χ4v) is 2.74. The molecule has 1 atom stereocenters. The average Bonchev–Trinajstić information content (AvgIpc) is 2.84. The Hall–Kier alpha value is -2.61. The van der Waals surface area contributed by atoms with Gasteiger partial charge < -0.3 is 20.1 Å². The van der Waals surface area contributed by atoms with Crippen LogP contribution in [0.1, 0.15) is 18.9 Å². The van der Waals surface area contributed by atoms with Gasteiger partial charge in [-0.25, -0.2) is 4.79 Å². The van der Waals surface area contributed by atoms with Crippen molar-refractivity contribution in [2.75, 3.05) is 33.9 Å². The number of benzene rings is 1. The molecule has 4 amide bonds. The van der Waals surface area contributed by atoms with E-state index >= 15 is 0 Å². The molecule has 1 aromatic carbocycles. The zero-order valence-corrected chi connectivity index (χ0v) is 15.3. The summed E-state index contributed by atoms with van der Waals surface area (Å²) < 4.78 is 9.96. The van der Waals surface area contributed by atoms with Gasteiger partial charge in [0.2, 0.25) is 5.91 Å². The predicted octanol–water partition coefficient (Wildman–Crippen LogP) is 0.701. The highest BCUT2D eigenvalue weighted by molar-refractivity contribution is 6.08. The summed E-state index contributed by atoms with van der Waals surface area (Å²) in [5.74, 6) is -0.0290. The topological polar surface area (TPSA) is 97.0 Å². The van der Waals surface area contributed by atoms with E-state index in [0.29, 0.717) is 26.0 Å². The second-order valence-corrected chi connectivity index (χ2v) is 6.34. The molecule has 0 aromatic heterocycles. The van der Waals surface area contributed by atoms with Crippen LogP contribution in [0, 0.1) is 0 Å². The third-order valence-electron chi connectivity index (χ3n) is 4.35. The lowest BCUT2D eigenvalue weighted by molar-refractivity contribution is -0.134. The largest absolute Gasteiger partial charge is 0.497 e. The molecule has 8 nitrogen and oxygen atoms in total. The third kappa shape index (κ3) is 4.72. The van der Waals surface area contributed by atoms with Crippen LogP contribution in [0.3, 0.4) is 0 Å². The highest BCUT2D eigenvalue weighted by Gasteiger charge is 2.47. The van der Waals surface area contributed by atoms with E-state index in [1.807, 2.05) is 24.3 Å². The Morgan fingerprint density at radius 3 is 2.54 bits per heavy atom. The Kier molecular flexibility index (Phi) is 6.57. The van der Waals surface area contributed by atoms with Gasteiger partial charge in [-0.2, -0.15) is 0 Å². The van der Waals surface area contributed by atoms with E-state index in [1.165, 1.54) is 7.11 Å². The number of methoxy groups -OCH3 is 2. The van der Waals surface area contributed by atoms with Gasteiger partial charge in [0.05, 0.1) is 13.7 Å². The van der Waals surface area contributed by atoms with E-state index in [2.05, 4.69) is 10.6 Å². The summed E-state index contributed by atoms with van der Waals surface area (Å²) in [5, 5.41) is 5.30. The molecular formula is C18H25N3O5. The fraction of sp³-hybridized carbons (Fsp3) is 0.500. The molecule has 0 bridgehead atoms. The molecule has 0 radical (unpaired) electrons. The number of aryl methyl sites for hydroxylation is 1. The monoisotopic (exact) mass is 363 g/mol. The van der Waals surface area contributed by atoms with Crippen LogP contribution in [0.15, 0.2) is 24.3 Å². The maximum absolute atomic E-state index is 12.6. The lowest BCUT2D eigenvalue weighted by Gasteiger charge is -2.21. The summed E-state index contributed by atoms with van der Waals surface area (Å²) in [6, 6.07) is 7.00. The molecule has 1 aliphatic heterocycles. The van der Waals surface area contributed by atoms with E-state index in [1.54, 1.807) is 14.0 Å². The summed E-state index contributed by atoms with van der Waals surface area (Å²) in [7, 11) is 3.13. The number of carbonyl (C=O) groups excluding carboxylic acids is 3. The van der Waals surface area contributed by atoms with Crippen LogP contribution in [0.25, 0.3) is 0 Å². The zero-order chi connectivity index (χ0) is 19.2. The fourth-order valence-electron chi connectivity index (χ4n) is 2.74. The summed E-state index contributed by atoms with van der Waals surface area (Å²) in [6.45, 7) is 2.07. The molecule has 1 fully saturated rings. The van der Waals surface area contributed by atoms with Crippen LogP contribution in [0.4, 0.5) is 4.79 Å². The highest BCUT2D eigenvalue weighted by Crippen LogP contribution is 2.23. The Labute approximate surface area is 152 Å². The van der Waals surface area contributed by atoms with Gasteiger partial charge in [0.1, 0.15) is 17.8 Å². The molecule has 26 heavy (non-hydrogen) atoms. The Morgan fingerprint density at radius 2 is 1.92 bits per heavy atom. The molecule has 1 saturated heterocycles. The van der Waals surface area contributed by atoms with Crippen LogP contribution in [-0.2, 0) is 20.7 Å². The SMILES string of the molecule is COCCNC(=O)CN1C(=O)N[C@@](C)(CCc2ccc(OC)cc2)C1=O. The van der Waals surface area contributed by atoms with Crippen molar-refractivity contribution < 1.29 is 23.9 Å². The number of nitrogens with zero attached hydrogens (tertiary/aromatic N) is 1. The molecule has 1 heterocycles. The van der Waals surface area contributed by atoms with Gasteiger partial charge in [0.15, 0.2) is 0 Å².